The number of hydrogen-bond acceptors (Lipinski definition) is 5. The Labute approximate surface area is 162 Å². The normalized spacial score (nSPS) is 29.8. The summed E-state index contributed by atoms with van der Waals surface area (Å²) in [7, 11) is 0. The van der Waals surface area contributed by atoms with Crippen LogP contribution in [0.2, 0.25) is 0 Å². The fraction of sp³-hybridized carbons (Fsp3) is 0.529. The van der Waals surface area contributed by atoms with Crippen molar-refractivity contribution in [3.63, 3.8) is 0 Å². The van der Waals surface area contributed by atoms with Crippen molar-refractivity contribution in [2.75, 3.05) is 0 Å². The summed E-state index contributed by atoms with van der Waals surface area (Å²) < 4.78 is 14.7. The van der Waals surface area contributed by atoms with E-state index in [0.717, 1.165) is 0 Å². The number of hydrogen-bond donors (Lipinski definition) is 1. The third-order valence-corrected chi connectivity index (χ3v) is 4.96. The highest BCUT2D eigenvalue weighted by Gasteiger charge is 2.45. The molecule has 1 saturated heterocycles. The molecular weight excluding hydrogens is 389 g/mol. The van der Waals surface area contributed by atoms with Crippen LogP contribution >= 0.6 is 34.8 Å². The van der Waals surface area contributed by atoms with E-state index in [9.17, 15) is 4.79 Å². The lowest BCUT2D eigenvalue weighted by molar-refractivity contribution is -0.238. The van der Waals surface area contributed by atoms with Gasteiger partial charge in [-0.1, -0.05) is 66.8 Å². The maximum Gasteiger partial charge on any atom is 0.338 e. The number of nitrogens with one attached hydrogen (secondary N) is 1. The summed E-state index contributed by atoms with van der Waals surface area (Å²) >= 11 is 17.0. The Morgan fingerprint density at radius 2 is 1.68 bits per heavy atom. The molecule has 0 spiro atoms. The summed E-state index contributed by atoms with van der Waals surface area (Å²) in [5.74, 6) is -1.06. The molecule has 1 aliphatic rings. The van der Waals surface area contributed by atoms with Crippen molar-refractivity contribution in [3.05, 3.63) is 35.9 Å². The van der Waals surface area contributed by atoms with Crippen LogP contribution in [0.3, 0.4) is 0 Å². The van der Waals surface area contributed by atoms with Gasteiger partial charge in [-0.05, 0) is 25.0 Å². The van der Waals surface area contributed by atoms with Gasteiger partial charge >= 0.3 is 5.97 Å². The molecule has 1 heterocycles. The Morgan fingerprint density at radius 1 is 1.08 bits per heavy atom. The third-order valence-electron chi connectivity index (χ3n) is 4.45. The second-order valence-corrected chi connectivity index (χ2v) is 8.39. The molecule has 0 bridgehead atoms. The van der Waals surface area contributed by atoms with Crippen LogP contribution in [-0.4, -0.2) is 34.2 Å². The summed E-state index contributed by atoms with van der Waals surface area (Å²) in [5.41, 5.74) is 0.413. The van der Waals surface area contributed by atoms with E-state index < -0.39 is 28.1 Å². The first-order valence-electron chi connectivity index (χ1n) is 7.85. The van der Waals surface area contributed by atoms with Crippen LogP contribution in [0.4, 0.5) is 0 Å². The quantitative estimate of drug-likeness (QED) is 0.344. The van der Waals surface area contributed by atoms with Crippen LogP contribution in [0.15, 0.2) is 30.3 Å². The Bertz CT molecular complexity index is 620. The van der Waals surface area contributed by atoms with E-state index in [0.29, 0.717) is 5.56 Å². The zero-order chi connectivity index (χ0) is 18.8. The van der Waals surface area contributed by atoms with Gasteiger partial charge in [-0.15, -0.1) is 0 Å². The molecule has 1 aromatic rings. The standard InChI is InChI=1S/C17H20Cl3NO4/c1-9-10(2)13(24-14(22)12-7-5-4-6-8-12)15(23-11(9)3)25-16(21)17(18,19)20/h4-11,13,15,21H,1-3H3/t9-,10?,11?,13?,15-/m0/s1. The molecular formula is C17H20Cl3NO4. The summed E-state index contributed by atoms with van der Waals surface area (Å²) in [6, 6.07) is 8.61. The van der Waals surface area contributed by atoms with E-state index in [1.807, 2.05) is 20.8 Å². The van der Waals surface area contributed by atoms with E-state index in [4.69, 9.17) is 54.4 Å². The van der Waals surface area contributed by atoms with Crippen molar-refractivity contribution in [2.24, 2.45) is 11.8 Å². The van der Waals surface area contributed by atoms with Crippen LogP contribution < -0.4 is 0 Å². The third kappa shape index (κ3) is 5.00. The Morgan fingerprint density at radius 3 is 2.24 bits per heavy atom. The molecule has 5 nitrogen and oxygen atoms in total. The van der Waals surface area contributed by atoms with Gasteiger partial charge in [-0.3, -0.25) is 5.41 Å². The van der Waals surface area contributed by atoms with E-state index in [1.54, 1.807) is 30.3 Å². The molecule has 0 radical (unpaired) electrons. The minimum absolute atomic E-state index is 0.0791. The van der Waals surface area contributed by atoms with Crippen molar-refractivity contribution in [2.45, 2.75) is 43.1 Å². The number of carbonyl (C=O) groups excluding carboxylic acids is 1. The lowest BCUT2D eigenvalue weighted by Gasteiger charge is -2.42. The zero-order valence-electron chi connectivity index (χ0n) is 14.0. The monoisotopic (exact) mass is 407 g/mol. The highest BCUT2D eigenvalue weighted by atomic mass is 35.6. The molecule has 0 aliphatic carbocycles. The van der Waals surface area contributed by atoms with Crippen LogP contribution in [-0.2, 0) is 14.2 Å². The Hall–Kier alpha value is -1.01. The first-order valence-corrected chi connectivity index (χ1v) is 8.98. The number of benzene rings is 1. The average Bonchev–Trinajstić information content (AvgIpc) is 2.56. The van der Waals surface area contributed by atoms with Gasteiger partial charge in [-0.2, -0.15) is 0 Å². The molecule has 25 heavy (non-hydrogen) atoms. The molecule has 2 rings (SSSR count). The number of rotatable bonds is 3. The van der Waals surface area contributed by atoms with Gasteiger partial charge in [0.05, 0.1) is 11.7 Å². The maximum atomic E-state index is 12.4. The van der Waals surface area contributed by atoms with Crippen LogP contribution in [0.25, 0.3) is 0 Å². The average molecular weight is 409 g/mol. The summed E-state index contributed by atoms with van der Waals surface area (Å²) in [5, 5.41) is 7.76. The minimum Gasteiger partial charge on any atom is -0.452 e. The van der Waals surface area contributed by atoms with E-state index in [1.165, 1.54) is 0 Å². The number of esters is 1. The van der Waals surface area contributed by atoms with E-state index in [-0.39, 0.29) is 17.9 Å². The molecule has 1 N–H and O–H groups in total. The summed E-state index contributed by atoms with van der Waals surface area (Å²) in [6.45, 7) is 5.81. The topological polar surface area (TPSA) is 68.6 Å². The van der Waals surface area contributed by atoms with Gasteiger partial charge in [0.1, 0.15) is 0 Å². The second-order valence-electron chi connectivity index (χ2n) is 6.11. The van der Waals surface area contributed by atoms with Gasteiger partial charge in [0, 0.05) is 5.92 Å². The first-order chi connectivity index (χ1) is 11.6. The second kappa shape index (κ2) is 8.12. The molecule has 8 heteroatoms. The van der Waals surface area contributed by atoms with Crippen molar-refractivity contribution < 1.29 is 19.0 Å². The highest BCUT2D eigenvalue weighted by Crippen LogP contribution is 2.36. The molecule has 1 fully saturated rings. The molecule has 1 aromatic carbocycles. The molecule has 0 aromatic heterocycles. The largest absolute Gasteiger partial charge is 0.452 e. The van der Waals surface area contributed by atoms with Gasteiger partial charge < -0.3 is 14.2 Å². The fourth-order valence-corrected chi connectivity index (χ4v) is 2.73. The van der Waals surface area contributed by atoms with Crippen molar-refractivity contribution in [3.8, 4) is 0 Å². The molecule has 138 valence electrons. The Balaban J connectivity index is 2.19. The summed E-state index contributed by atoms with van der Waals surface area (Å²) in [4.78, 5) is 12.4. The van der Waals surface area contributed by atoms with Crippen LogP contribution in [0, 0.1) is 17.2 Å². The number of carbonyl (C=O) groups is 1. The first kappa shape index (κ1) is 20.3. The Kier molecular flexibility index (Phi) is 6.60. The van der Waals surface area contributed by atoms with E-state index in [2.05, 4.69) is 0 Å². The number of halogens is 3. The molecule has 0 saturated carbocycles. The minimum atomic E-state index is -2.02. The molecule has 3 unspecified atom stereocenters. The lowest BCUT2D eigenvalue weighted by atomic mass is 9.84. The highest BCUT2D eigenvalue weighted by molar-refractivity contribution is 6.76. The SMILES string of the molecule is CC1O[C@@H](OC(=N)C(Cl)(Cl)Cl)C(OC(=O)c2ccccc2)C(C)[C@@H]1C. The maximum absolute atomic E-state index is 12.4. The van der Waals surface area contributed by atoms with Gasteiger partial charge in [0.25, 0.3) is 3.79 Å². The number of ether oxygens (including phenoxy) is 3. The lowest BCUT2D eigenvalue weighted by Crippen LogP contribution is -2.52. The molecule has 5 atom stereocenters. The smallest absolute Gasteiger partial charge is 0.338 e. The van der Waals surface area contributed by atoms with Gasteiger partial charge in [0.2, 0.25) is 12.2 Å². The van der Waals surface area contributed by atoms with Crippen molar-refractivity contribution >= 4 is 46.7 Å². The van der Waals surface area contributed by atoms with Crippen LogP contribution in [0.1, 0.15) is 31.1 Å². The molecule has 1 aliphatic heterocycles. The summed E-state index contributed by atoms with van der Waals surface area (Å²) in [6.07, 6.45) is -1.95. The molecule has 0 amide bonds. The van der Waals surface area contributed by atoms with Gasteiger partial charge in [0.15, 0.2) is 6.10 Å². The number of alkyl halides is 3. The van der Waals surface area contributed by atoms with Crippen molar-refractivity contribution in [1.29, 1.82) is 5.41 Å². The van der Waals surface area contributed by atoms with Crippen molar-refractivity contribution in [1.82, 2.24) is 0 Å². The fourth-order valence-electron chi connectivity index (χ4n) is 2.59. The zero-order valence-corrected chi connectivity index (χ0v) is 16.3. The predicted molar refractivity (Wildman–Crippen MR) is 97.4 cm³/mol. The van der Waals surface area contributed by atoms with Gasteiger partial charge in [-0.25, -0.2) is 4.79 Å². The van der Waals surface area contributed by atoms with E-state index >= 15 is 0 Å². The predicted octanol–water partition coefficient (Wildman–Crippen LogP) is 4.59. The van der Waals surface area contributed by atoms with Crippen LogP contribution in [0.5, 0.6) is 0 Å².